The largest absolute Gasteiger partial charge is 0.497 e. The van der Waals surface area contributed by atoms with Crippen LogP contribution in [0.2, 0.25) is 0 Å². The molecule has 3 rings (SSSR count). The van der Waals surface area contributed by atoms with E-state index in [-0.39, 0.29) is 11.6 Å². The zero-order valence-electron chi connectivity index (χ0n) is 14.0. The Morgan fingerprint density at radius 1 is 1.08 bits per heavy atom. The van der Waals surface area contributed by atoms with Crippen LogP contribution in [-0.4, -0.2) is 35.1 Å². The second-order valence-corrected chi connectivity index (χ2v) is 5.28. The number of carbonyl (C=O) groups is 1. The summed E-state index contributed by atoms with van der Waals surface area (Å²) in [6.07, 6.45) is 1.59. The van der Waals surface area contributed by atoms with Gasteiger partial charge in [-0.25, -0.2) is 4.68 Å². The van der Waals surface area contributed by atoms with Gasteiger partial charge in [0.2, 0.25) is 0 Å². The molecule has 0 saturated heterocycles. The number of rotatable bonds is 6. The summed E-state index contributed by atoms with van der Waals surface area (Å²) in [5.41, 5.74) is 1.98. The Balaban J connectivity index is 1.65. The average Bonchev–Trinajstić information content (AvgIpc) is 3.16. The minimum Gasteiger partial charge on any atom is -0.497 e. The van der Waals surface area contributed by atoms with Crippen LogP contribution in [0.1, 0.15) is 16.1 Å². The highest BCUT2D eigenvalue weighted by Crippen LogP contribution is 2.14. The maximum absolute atomic E-state index is 12.2. The SMILES string of the molecule is COc1ccc(-n2cc(C(=O)NCc3cccc(OC)c3)nn2)cc1. The van der Waals surface area contributed by atoms with Crippen LogP contribution in [0.5, 0.6) is 11.5 Å². The minimum absolute atomic E-state index is 0.249. The number of hydrogen-bond acceptors (Lipinski definition) is 5. The number of nitrogens with one attached hydrogen (secondary N) is 1. The summed E-state index contributed by atoms with van der Waals surface area (Å²) in [4.78, 5) is 12.2. The van der Waals surface area contributed by atoms with Crippen molar-refractivity contribution in [2.75, 3.05) is 14.2 Å². The Bertz CT molecular complexity index is 859. The zero-order chi connectivity index (χ0) is 17.6. The summed E-state index contributed by atoms with van der Waals surface area (Å²) < 4.78 is 11.8. The second-order valence-electron chi connectivity index (χ2n) is 5.28. The van der Waals surface area contributed by atoms with E-state index >= 15 is 0 Å². The lowest BCUT2D eigenvalue weighted by Crippen LogP contribution is -2.23. The lowest BCUT2D eigenvalue weighted by Gasteiger charge is -2.05. The van der Waals surface area contributed by atoms with Gasteiger partial charge < -0.3 is 14.8 Å². The van der Waals surface area contributed by atoms with Crippen molar-refractivity contribution in [1.29, 1.82) is 0 Å². The molecule has 25 heavy (non-hydrogen) atoms. The Hall–Kier alpha value is -3.35. The third kappa shape index (κ3) is 3.95. The van der Waals surface area contributed by atoms with E-state index in [0.717, 1.165) is 22.7 Å². The number of methoxy groups -OCH3 is 2. The summed E-state index contributed by atoms with van der Waals surface area (Å²) in [7, 11) is 3.21. The maximum Gasteiger partial charge on any atom is 0.273 e. The van der Waals surface area contributed by atoms with Crippen LogP contribution in [-0.2, 0) is 6.54 Å². The molecule has 128 valence electrons. The van der Waals surface area contributed by atoms with E-state index in [1.807, 2.05) is 48.5 Å². The van der Waals surface area contributed by atoms with Gasteiger partial charge in [-0.2, -0.15) is 0 Å². The predicted octanol–water partition coefficient (Wildman–Crippen LogP) is 2.21. The molecule has 0 saturated carbocycles. The van der Waals surface area contributed by atoms with E-state index in [2.05, 4.69) is 15.6 Å². The molecular formula is C18H18N4O3. The molecule has 0 spiro atoms. The quantitative estimate of drug-likeness (QED) is 0.745. The third-order valence-corrected chi connectivity index (χ3v) is 3.65. The standard InChI is InChI=1S/C18H18N4O3/c1-24-15-8-6-14(7-9-15)22-12-17(20-21-22)18(23)19-11-13-4-3-5-16(10-13)25-2/h3-10,12H,11H2,1-2H3,(H,19,23). The molecule has 0 aliphatic rings. The molecule has 0 aliphatic carbocycles. The summed E-state index contributed by atoms with van der Waals surface area (Å²) in [6, 6.07) is 14.8. The fourth-order valence-electron chi connectivity index (χ4n) is 2.28. The predicted molar refractivity (Wildman–Crippen MR) is 92.1 cm³/mol. The molecule has 0 fully saturated rings. The topological polar surface area (TPSA) is 78.3 Å². The van der Waals surface area contributed by atoms with Crippen LogP contribution >= 0.6 is 0 Å². The number of aromatic nitrogens is 3. The van der Waals surface area contributed by atoms with E-state index in [1.165, 1.54) is 0 Å². The monoisotopic (exact) mass is 338 g/mol. The molecule has 7 heteroatoms. The molecular weight excluding hydrogens is 320 g/mol. The van der Waals surface area contributed by atoms with Gasteiger partial charge in [0, 0.05) is 6.54 Å². The van der Waals surface area contributed by atoms with Crippen LogP contribution < -0.4 is 14.8 Å². The molecule has 1 aromatic heterocycles. The van der Waals surface area contributed by atoms with Crippen molar-refractivity contribution in [2.24, 2.45) is 0 Å². The van der Waals surface area contributed by atoms with Crippen LogP contribution in [0.3, 0.4) is 0 Å². The molecule has 0 bridgehead atoms. The highest BCUT2D eigenvalue weighted by molar-refractivity contribution is 5.91. The Morgan fingerprint density at radius 2 is 1.84 bits per heavy atom. The van der Waals surface area contributed by atoms with Crippen molar-refractivity contribution in [3.63, 3.8) is 0 Å². The van der Waals surface area contributed by atoms with Crippen molar-refractivity contribution in [3.05, 3.63) is 66.0 Å². The molecule has 2 aromatic carbocycles. The molecule has 0 radical (unpaired) electrons. The Morgan fingerprint density at radius 3 is 2.56 bits per heavy atom. The van der Waals surface area contributed by atoms with Crippen LogP contribution in [0.25, 0.3) is 5.69 Å². The normalized spacial score (nSPS) is 10.3. The fourth-order valence-corrected chi connectivity index (χ4v) is 2.28. The van der Waals surface area contributed by atoms with Gasteiger partial charge in [-0.3, -0.25) is 4.79 Å². The van der Waals surface area contributed by atoms with Crippen LogP contribution in [0.4, 0.5) is 0 Å². The van der Waals surface area contributed by atoms with Gasteiger partial charge in [-0.15, -0.1) is 5.10 Å². The highest BCUT2D eigenvalue weighted by atomic mass is 16.5. The van der Waals surface area contributed by atoms with Crippen LogP contribution in [0, 0.1) is 0 Å². The third-order valence-electron chi connectivity index (χ3n) is 3.65. The van der Waals surface area contributed by atoms with Crippen LogP contribution in [0.15, 0.2) is 54.7 Å². The summed E-state index contributed by atoms with van der Waals surface area (Å²) in [5.74, 6) is 1.21. The first-order valence-electron chi connectivity index (χ1n) is 7.67. The molecule has 1 N–H and O–H groups in total. The van der Waals surface area contributed by atoms with Gasteiger partial charge >= 0.3 is 0 Å². The number of hydrogen-bond donors (Lipinski definition) is 1. The lowest BCUT2D eigenvalue weighted by atomic mass is 10.2. The average molecular weight is 338 g/mol. The number of nitrogens with zero attached hydrogens (tertiary/aromatic N) is 3. The molecule has 0 atom stereocenters. The minimum atomic E-state index is -0.289. The van der Waals surface area contributed by atoms with Crippen molar-refractivity contribution < 1.29 is 14.3 Å². The summed E-state index contributed by atoms with van der Waals surface area (Å²) in [6.45, 7) is 0.380. The molecule has 1 heterocycles. The number of amides is 1. The van der Waals surface area contributed by atoms with Gasteiger partial charge in [-0.1, -0.05) is 17.3 Å². The summed E-state index contributed by atoms with van der Waals surface area (Å²) in [5, 5.41) is 10.7. The van der Waals surface area contributed by atoms with E-state index in [9.17, 15) is 4.79 Å². The van der Waals surface area contributed by atoms with E-state index < -0.39 is 0 Å². The number of carbonyl (C=O) groups excluding carboxylic acids is 1. The Kier molecular flexibility index (Phi) is 4.94. The molecule has 3 aromatic rings. The van der Waals surface area contributed by atoms with Crippen molar-refractivity contribution >= 4 is 5.91 Å². The number of benzene rings is 2. The maximum atomic E-state index is 12.2. The van der Waals surface area contributed by atoms with Gasteiger partial charge in [-0.05, 0) is 42.0 Å². The first kappa shape index (κ1) is 16.5. The van der Waals surface area contributed by atoms with Gasteiger partial charge in [0.1, 0.15) is 11.5 Å². The van der Waals surface area contributed by atoms with Crippen molar-refractivity contribution in [3.8, 4) is 17.2 Å². The van der Waals surface area contributed by atoms with Crippen molar-refractivity contribution in [2.45, 2.75) is 6.54 Å². The fraction of sp³-hybridized carbons (Fsp3) is 0.167. The zero-order valence-corrected chi connectivity index (χ0v) is 14.0. The molecule has 1 amide bonds. The summed E-state index contributed by atoms with van der Waals surface area (Å²) >= 11 is 0. The van der Waals surface area contributed by atoms with E-state index in [0.29, 0.717) is 6.54 Å². The van der Waals surface area contributed by atoms with E-state index in [1.54, 1.807) is 25.1 Å². The first-order valence-corrected chi connectivity index (χ1v) is 7.67. The molecule has 0 aliphatic heterocycles. The van der Waals surface area contributed by atoms with Gasteiger partial charge in [0.05, 0.1) is 26.1 Å². The van der Waals surface area contributed by atoms with Crippen molar-refractivity contribution in [1.82, 2.24) is 20.3 Å². The van der Waals surface area contributed by atoms with Gasteiger partial charge in [0.25, 0.3) is 5.91 Å². The van der Waals surface area contributed by atoms with Gasteiger partial charge in [0.15, 0.2) is 5.69 Å². The van der Waals surface area contributed by atoms with E-state index in [4.69, 9.17) is 9.47 Å². The first-order chi connectivity index (χ1) is 12.2. The lowest BCUT2D eigenvalue weighted by molar-refractivity contribution is 0.0946. The smallest absolute Gasteiger partial charge is 0.273 e. The molecule has 0 unspecified atom stereocenters. The highest BCUT2D eigenvalue weighted by Gasteiger charge is 2.11. The Labute approximate surface area is 145 Å². The number of ether oxygens (including phenoxy) is 2. The molecule has 7 nitrogen and oxygen atoms in total. The second kappa shape index (κ2) is 7.48.